The molecule has 1 amide bonds. The predicted molar refractivity (Wildman–Crippen MR) is 74.9 cm³/mol. The molecule has 0 spiro atoms. The Kier molecular flexibility index (Phi) is 2.80. The molecular formula is C16H13NO2. The molecule has 1 aliphatic rings. The maximum atomic E-state index is 11.6. The van der Waals surface area contributed by atoms with Crippen molar-refractivity contribution in [2.24, 2.45) is 0 Å². The molecule has 0 unspecified atom stereocenters. The molecule has 3 heteroatoms. The molecule has 0 fully saturated rings. The quantitative estimate of drug-likeness (QED) is 0.636. The number of carbonyl (C=O) groups is 1. The Hall–Kier alpha value is -2.55. The van der Waals surface area contributed by atoms with Crippen LogP contribution in [0.1, 0.15) is 16.7 Å². The first-order valence-corrected chi connectivity index (χ1v) is 6.11. The van der Waals surface area contributed by atoms with E-state index in [2.05, 4.69) is 17.4 Å². The van der Waals surface area contributed by atoms with Gasteiger partial charge in [0, 0.05) is 11.3 Å². The zero-order valence-electron chi connectivity index (χ0n) is 10.3. The molecule has 94 valence electrons. The second-order valence-corrected chi connectivity index (χ2v) is 4.54. The van der Waals surface area contributed by atoms with Gasteiger partial charge in [0.1, 0.15) is 0 Å². The maximum Gasteiger partial charge on any atom is 0.259 e. The van der Waals surface area contributed by atoms with Crippen molar-refractivity contribution in [3.05, 3.63) is 71.5 Å². The van der Waals surface area contributed by atoms with Gasteiger partial charge in [-0.15, -0.1) is 0 Å². The number of aliphatic hydroxyl groups is 1. The fourth-order valence-electron chi connectivity index (χ4n) is 2.30. The van der Waals surface area contributed by atoms with Crippen LogP contribution >= 0.6 is 0 Å². The summed E-state index contributed by atoms with van der Waals surface area (Å²) in [5, 5.41) is 11.9. The molecular weight excluding hydrogens is 238 g/mol. The van der Waals surface area contributed by atoms with Gasteiger partial charge in [-0.1, -0.05) is 36.4 Å². The number of carbonyl (C=O) groups excluding carboxylic acids is 1. The Bertz CT molecular complexity index is 660. The van der Waals surface area contributed by atoms with E-state index in [1.165, 1.54) is 5.56 Å². The monoisotopic (exact) mass is 251 g/mol. The Balaban J connectivity index is 1.95. The highest BCUT2D eigenvalue weighted by Crippen LogP contribution is 2.32. The second kappa shape index (κ2) is 4.61. The van der Waals surface area contributed by atoms with Crippen LogP contribution in [-0.4, -0.2) is 11.0 Å². The molecule has 2 aromatic rings. The average Bonchev–Trinajstić information content (AvgIpc) is 2.74. The summed E-state index contributed by atoms with van der Waals surface area (Å²) in [6.07, 6.45) is 1.68. The Morgan fingerprint density at radius 3 is 2.58 bits per heavy atom. The Morgan fingerprint density at radius 2 is 1.84 bits per heavy atom. The zero-order chi connectivity index (χ0) is 13.2. The molecule has 0 saturated heterocycles. The van der Waals surface area contributed by atoms with Crippen molar-refractivity contribution in [2.75, 3.05) is 5.32 Å². The van der Waals surface area contributed by atoms with E-state index < -0.39 is 0 Å². The van der Waals surface area contributed by atoms with Gasteiger partial charge in [0.25, 0.3) is 5.91 Å². The molecule has 2 aromatic carbocycles. The van der Waals surface area contributed by atoms with Gasteiger partial charge in [0.05, 0.1) is 11.8 Å². The van der Waals surface area contributed by atoms with E-state index in [9.17, 15) is 4.79 Å². The van der Waals surface area contributed by atoms with Crippen molar-refractivity contribution in [3.8, 4) is 0 Å². The molecule has 1 aliphatic heterocycles. The lowest BCUT2D eigenvalue weighted by Crippen LogP contribution is -2.03. The van der Waals surface area contributed by atoms with Crippen molar-refractivity contribution in [1.29, 1.82) is 0 Å². The van der Waals surface area contributed by atoms with Crippen molar-refractivity contribution >= 4 is 17.2 Å². The van der Waals surface area contributed by atoms with Crippen LogP contribution in [0.15, 0.2) is 54.8 Å². The summed E-state index contributed by atoms with van der Waals surface area (Å²) in [6.45, 7) is 0. The summed E-state index contributed by atoms with van der Waals surface area (Å²) in [5.41, 5.74) is 4.17. The molecule has 3 rings (SSSR count). The van der Waals surface area contributed by atoms with Crippen molar-refractivity contribution in [1.82, 2.24) is 0 Å². The van der Waals surface area contributed by atoms with Crippen LogP contribution in [0.4, 0.5) is 5.69 Å². The summed E-state index contributed by atoms with van der Waals surface area (Å²) in [5.74, 6) is -0.255. The van der Waals surface area contributed by atoms with Crippen LogP contribution in [0.3, 0.4) is 0 Å². The average molecular weight is 251 g/mol. The first-order chi connectivity index (χ1) is 9.28. The lowest BCUT2D eigenvalue weighted by Gasteiger charge is -2.04. The van der Waals surface area contributed by atoms with Crippen LogP contribution in [0.2, 0.25) is 0 Å². The number of fused-ring (bicyclic) bond motifs is 1. The van der Waals surface area contributed by atoms with Crippen molar-refractivity contribution in [2.45, 2.75) is 6.42 Å². The third-order valence-electron chi connectivity index (χ3n) is 3.25. The van der Waals surface area contributed by atoms with Gasteiger partial charge in [-0.25, -0.2) is 0 Å². The minimum absolute atomic E-state index is 0.255. The van der Waals surface area contributed by atoms with Gasteiger partial charge in [0.15, 0.2) is 0 Å². The molecule has 1 heterocycles. The topological polar surface area (TPSA) is 49.3 Å². The van der Waals surface area contributed by atoms with Crippen LogP contribution in [0.5, 0.6) is 0 Å². The fraction of sp³-hybridized carbons (Fsp3) is 0.0625. The van der Waals surface area contributed by atoms with Gasteiger partial charge in [-0.2, -0.15) is 0 Å². The minimum atomic E-state index is -0.255. The van der Waals surface area contributed by atoms with Crippen LogP contribution in [0.25, 0.3) is 5.57 Å². The lowest BCUT2D eigenvalue weighted by molar-refractivity contribution is -0.110. The molecule has 0 aliphatic carbocycles. The minimum Gasteiger partial charge on any atom is -0.515 e. The van der Waals surface area contributed by atoms with E-state index in [0.717, 1.165) is 29.5 Å². The van der Waals surface area contributed by atoms with Gasteiger partial charge in [0.2, 0.25) is 0 Å². The van der Waals surface area contributed by atoms with Crippen LogP contribution < -0.4 is 5.32 Å². The zero-order valence-corrected chi connectivity index (χ0v) is 10.3. The van der Waals surface area contributed by atoms with E-state index in [4.69, 9.17) is 5.11 Å². The summed E-state index contributed by atoms with van der Waals surface area (Å²) in [6, 6.07) is 16.0. The SMILES string of the molecule is O=C1Nc2ccc(Cc3ccccc3)cc2C1=CO. The standard InChI is InChI=1S/C16H13NO2/c18-10-14-13-9-12(6-7-15(13)17-16(14)19)8-11-4-2-1-3-5-11/h1-7,9-10,18H,8H2,(H,17,19). The number of anilines is 1. The van der Waals surface area contributed by atoms with E-state index in [1.54, 1.807) is 0 Å². The highest BCUT2D eigenvalue weighted by atomic mass is 16.2. The highest BCUT2D eigenvalue weighted by molar-refractivity contribution is 6.31. The van der Waals surface area contributed by atoms with Crippen LogP contribution in [-0.2, 0) is 11.2 Å². The fourth-order valence-corrected chi connectivity index (χ4v) is 2.30. The van der Waals surface area contributed by atoms with E-state index >= 15 is 0 Å². The Labute approximate surface area is 111 Å². The lowest BCUT2D eigenvalue weighted by atomic mass is 10.00. The van der Waals surface area contributed by atoms with Gasteiger partial charge in [-0.05, 0) is 29.7 Å². The largest absolute Gasteiger partial charge is 0.515 e. The Morgan fingerprint density at radius 1 is 1.05 bits per heavy atom. The number of hydrogen-bond acceptors (Lipinski definition) is 2. The van der Waals surface area contributed by atoms with Crippen molar-refractivity contribution < 1.29 is 9.90 Å². The summed E-state index contributed by atoms with van der Waals surface area (Å²) in [4.78, 5) is 11.6. The number of amides is 1. The summed E-state index contributed by atoms with van der Waals surface area (Å²) in [7, 11) is 0. The van der Waals surface area contributed by atoms with Crippen LogP contribution in [0, 0.1) is 0 Å². The van der Waals surface area contributed by atoms with Gasteiger partial charge >= 0.3 is 0 Å². The number of hydrogen-bond donors (Lipinski definition) is 2. The first-order valence-electron chi connectivity index (χ1n) is 6.11. The number of benzene rings is 2. The first kappa shape index (κ1) is 11.5. The summed E-state index contributed by atoms with van der Waals surface area (Å²) >= 11 is 0. The van der Waals surface area contributed by atoms with Crippen molar-refractivity contribution in [3.63, 3.8) is 0 Å². The third kappa shape index (κ3) is 2.10. The third-order valence-corrected chi connectivity index (χ3v) is 3.25. The van der Waals surface area contributed by atoms with E-state index in [0.29, 0.717) is 5.57 Å². The molecule has 2 N–H and O–H groups in total. The van der Waals surface area contributed by atoms with Gasteiger partial charge < -0.3 is 10.4 Å². The number of aliphatic hydroxyl groups excluding tert-OH is 1. The number of nitrogens with one attached hydrogen (secondary N) is 1. The molecule has 0 radical (unpaired) electrons. The number of rotatable bonds is 2. The van der Waals surface area contributed by atoms with E-state index in [-0.39, 0.29) is 5.91 Å². The molecule has 0 aromatic heterocycles. The molecule has 3 nitrogen and oxygen atoms in total. The predicted octanol–water partition coefficient (Wildman–Crippen LogP) is 3.13. The maximum absolute atomic E-state index is 11.6. The molecule has 0 atom stereocenters. The highest BCUT2D eigenvalue weighted by Gasteiger charge is 2.24. The smallest absolute Gasteiger partial charge is 0.259 e. The summed E-state index contributed by atoms with van der Waals surface area (Å²) < 4.78 is 0. The molecule has 0 saturated carbocycles. The van der Waals surface area contributed by atoms with E-state index in [1.807, 2.05) is 36.4 Å². The molecule has 0 bridgehead atoms. The normalized spacial score (nSPS) is 15.4. The van der Waals surface area contributed by atoms with Gasteiger partial charge in [-0.3, -0.25) is 4.79 Å². The molecule has 19 heavy (non-hydrogen) atoms. The second-order valence-electron chi connectivity index (χ2n) is 4.54.